The minimum Gasteiger partial charge on any atom is -0.493 e. The highest BCUT2D eigenvalue weighted by atomic mass is 16.6. The SMILES string of the molecule is CC(=O)NC[C@H]1CN(c2ccc3c(c2)OCCC(C(=O)c2cc(C)on2)C3=O)C(=O)O1. The molecular weight excluding hydrogens is 406 g/mol. The Balaban J connectivity index is 1.53. The maximum absolute atomic E-state index is 13.1. The van der Waals surface area contributed by atoms with Crippen LogP contribution in [0, 0.1) is 12.8 Å². The number of cyclic esters (lactones) is 1. The van der Waals surface area contributed by atoms with Gasteiger partial charge in [-0.25, -0.2) is 4.79 Å². The summed E-state index contributed by atoms with van der Waals surface area (Å²) in [6.45, 7) is 3.67. The first-order valence-corrected chi connectivity index (χ1v) is 9.84. The molecule has 3 heterocycles. The van der Waals surface area contributed by atoms with Crippen LogP contribution in [0.2, 0.25) is 0 Å². The maximum Gasteiger partial charge on any atom is 0.414 e. The van der Waals surface area contributed by atoms with Gasteiger partial charge in [-0.15, -0.1) is 0 Å². The number of aryl methyl sites for hydroxylation is 1. The molecule has 1 fully saturated rings. The van der Waals surface area contributed by atoms with Crippen LogP contribution in [-0.4, -0.2) is 54.5 Å². The van der Waals surface area contributed by atoms with E-state index in [0.717, 1.165) is 0 Å². The molecule has 2 aliphatic rings. The average Bonchev–Trinajstić information content (AvgIpc) is 3.29. The van der Waals surface area contributed by atoms with Gasteiger partial charge in [0.15, 0.2) is 17.3 Å². The summed E-state index contributed by atoms with van der Waals surface area (Å²) >= 11 is 0. The lowest BCUT2D eigenvalue weighted by atomic mass is 9.90. The maximum atomic E-state index is 13.1. The van der Waals surface area contributed by atoms with E-state index in [2.05, 4.69) is 10.5 Å². The van der Waals surface area contributed by atoms with E-state index < -0.39 is 23.9 Å². The van der Waals surface area contributed by atoms with Crippen molar-refractivity contribution in [3.8, 4) is 5.75 Å². The molecular formula is C21H21N3O7. The van der Waals surface area contributed by atoms with E-state index in [1.54, 1.807) is 25.1 Å². The first kappa shape index (κ1) is 20.6. The summed E-state index contributed by atoms with van der Waals surface area (Å²) in [6.07, 6.45) is -0.826. The largest absolute Gasteiger partial charge is 0.493 e. The number of Topliss-reactive ketones (excluding diaryl/α,β-unsaturated/α-hetero) is 2. The third-order valence-corrected chi connectivity index (χ3v) is 5.17. The highest BCUT2D eigenvalue weighted by molar-refractivity contribution is 6.16. The van der Waals surface area contributed by atoms with Crippen LogP contribution in [0.25, 0.3) is 0 Å². The fourth-order valence-electron chi connectivity index (χ4n) is 3.61. The third kappa shape index (κ3) is 4.14. The number of hydrogen-bond donors (Lipinski definition) is 1. The molecule has 2 atom stereocenters. The number of nitrogens with zero attached hydrogens (tertiary/aromatic N) is 2. The molecule has 4 rings (SSSR count). The zero-order chi connectivity index (χ0) is 22.1. The zero-order valence-corrected chi connectivity index (χ0v) is 17.0. The van der Waals surface area contributed by atoms with Crippen molar-refractivity contribution in [1.29, 1.82) is 0 Å². The molecule has 0 aliphatic carbocycles. The molecule has 0 bridgehead atoms. The second-order valence-corrected chi connectivity index (χ2v) is 7.47. The molecule has 1 aromatic carbocycles. The van der Waals surface area contributed by atoms with Gasteiger partial charge in [-0.3, -0.25) is 19.3 Å². The van der Waals surface area contributed by atoms with Crippen LogP contribution < -0.4 is 15.0 Å². The van der Waals surface area contributed by atoms with Crippen molar-refractivity contribution in [1.82, 2.24) is 10.5 Å². The fraction of sp³-hybridized carbons (Fsp3) is 0.381. The normalized spacial score (nSPS) is 20.5. The molecule has 10 heteroatoms. The topological polar surface area (TPSA) is 128 Å². The quantitative estimate of drug-likeness (QED) is 0.566. The molecule has 2 aromatic rings. The predicted molar refractivity (Wildman–Crippen MR) is 106 cm³/mol. The van der Waals surface area contributed by atoms with E-state index in [4.69, 9.17) is 14.0 Å². The Kier molecular flexibility index (Phi) is 5.45. The van der Waals surface area contributed by atoms with Crippen LogP contribution in [-0.2, 0) is 9.53 Å². The minimum absolute atomic E-state index is 0.112. The lowest BCUT2D eigenvalue weighted by Crippen LogP contribution is -2.33. The van der Waals surface area contributed by atoms with Gasteiger partial charge >= 0.3 is 6.09 Å². The average molecular weight is 427 g/mol. The van der Waals surface area contributed by atoms with Crippen molar-refractivity contribution in [2.24, 2.45) is 5.92 Å². The lowest BCUT2D eigenvalue weighted by molar-refractivity contribution is -0.119. The molecule has 0 radical (unpaired) electrons. The summed E-state index contributed by atoms with van der Waals surface area (Å²) in [7, 11) is 0. The first-order valence-electron chi connectivity index (χ1n) is 9.84. The van der Waals surface area contributed by atoms with Crippen LogP contribution in [0.1, 0.15) is 40.0 Å². The smallest absolute Gasteiger partial charge is 0.414 e. The van der Waals surface area contributed by atoms with Gasteiger partial charge < -0.3 is 19.3 Å². The number of anilines is 1. The molecule has 0 saturated carbocycles. The number of amides is 2. The van der Waals surface area contributed by atoms with Gasteiger partial charge in [-0.1, -0.05) is 5.16 Å². The van der Waals surface area contributed by atoms with Crippen LogP contribution in [0.15, 0.2) is 28.8 Å². The van der Waals surface area contributed by atoms with E-state index in [-0.39, 0.29) is 49.1 Å². The molecule has 31 heavy (non-hydrogen) atoms. The second-order valence-electron chi connectivity index (χ2n) is 7.47. The number of ketones is 2. The molecule has 10 nitrogen and oxygen atoms in total. The van der Waals surface area contributed by atoms with Gasteiger partial charge in [0.05, 0.1) is 36.9 Å². The minimum atomic E-state index is -0.921. The number of aromatic nitrogens is 1. The summed E-state index contributed by atoms with van der Waals surface area (Å²) in [6, 6.07) is 6.24. The van der Waals surface area contributed by atoms with Crippen LogP contribution in [0.5, 0.6) is 5.75 Å². The molecule has 1 aromatic heterocycles. The zero-order valence-electron chi connectivity index (χ0n) is 17.0. The van der Waals surface area contributed by atoms with Crippen molar-refractivity contribution in [2.75, 3.05) is 24.6 Å². The van der Waals surface area contributed by atoms with Crippen molar-refractivity contribution < 1.29 is 33.2 Å². The number of carbonyl (C=O) groups is 4. The number of rotatable bonds is 5. The molecule has 1 N–H and O–H groups in total. The van der Waals surface area contributed by atoms with Gasteiger partial charge in [-0.2, -0.15) is 0 Å². The Morgan fingerprint density at radius 3 is 2.77 bits per heavy atom. The highest BCUT2D eigenvalue weighted by Gasteiger charge is 2.36. The summed E-state index contributed by atoms with van der Waals surface area (Å²) in [5.74, 6) is -1.12. The van der Waals surface area contributed by atoms with Gasteiger partial charge in [-0.05, 0) is 25.5 Å². The monoisotopic (exact) mass is 427 g/mol. The van der Waals surface area contributed by atoms with Crippen LogP contribution in [0.3, 0.4) is 0 Å². The third-order valence-electron chi connectivity index (χ3n) is 5.17. The number of nitrogens with one attached hydrogen (secondary N) is 1. The number of ether oxygens (including phenoxy) is 2. The van der Waals surface area contributed by atoms with Crippen LogP contribution in [0.4, 0.5) is 10.5 Å². The summed E-state index contributed by atoms with van der Waals surface area (Å²) < 4.78 is 15.9. The van der Waals surface area contributed by atoms with Crippen molar-refractivity contribution in [3.05, 3.63) is 41.3 Å². The molecule has 162 valence electrons. The van der Waals surface area contributed by atoms with Gasteiger partial charge in [0, 0.05) is 19.1 Å². The van der Waals surface area contributed by atoms with Gasteiger partial charge in [0.25, 0.3) is 0 Å². The summed E-state index contributed by atoms with van der Waals surface area (Å²) in [4.78, 5) is 50.5. The number of hydrogen-bond acceptors (Lipinski definition) is 8. The Morgan fingerprint density at radius 1 is 1.26 bits per heavy atom. The first-order chi connectivity index (χ1) is 14.8. The van der Waals surface area contributed by atoms with E-state index in [9.17, 15) is 19.2 Å². The Labute approximate surface area is 177 Å². The molecule has 2 amide bonds. The predicted octanol–water partition coefficient (Wildman–Crippen LogP) is 1.91. The number of fused-ring (bicyclic) bond motifs is 1. The second kappa shape index (κ2) is 8.21. The molecule has 2 aliphatic heterocycles. The van der Waals surface area contributed by atoms with E-state index >= 15 is 0 Å². The molecule has 0 spiro atoms. The van der Waals surface area contributed by atoms with Crippen molar-refractivity contribution in [3.63, 3.8) is 0 Å². The van der Waals surface area contributed by atoms with Crippen LogP contribution >= 0.6 is 0 Å². The van der Waals surface area contributed by atoms with Crippen molar-refractivity contribution in [2.45, 2.75) is 26.4 Å². The summed E-state index contributed by atoms with van der Waals surface area (Å²) in [5, 5.41) is 6.34. The van der Waals surface area contributed by atoms with Gasteiger partial charge in [0.1, 0.15) is 17.6 Å². The number of benzene rings is 1. The molecule has 1 saturated heterocycles. The summed E-state index contributed by atoms with van der Waals surface area (Å²) in [5.41, 5.74) is 0.877. The van der Waals surface area contributed by atoms with E-state index in [1.165, 1.54) is 17.9 Å². The Bertz CT molecular complexity index is 1060. The van der Waals surface area contributed by atoms with Crippen molar-refractivity contribution >= 4 is 29.3 Å². The standard InChI is InChI=1S/C21H21N3O7/c1-11-7-17(23-31-11)20(27)16-5-6-29-18-8-13(3-4-15(18)19(16)26)24-10-14(30-21(24)28)9-22-12(2)25/h3-4,7-8,14,16H,5-6,9-10H2,1-2H3,(H,22,25)/t14-,16?/m0/s1. The van der Waals surface area contributed by atoms with E-state index in [1.807, 2.05) is 0 Å². The Morgan fingerprint density at radius 2 is 2.06 bits per heavy atom. The van der Waals surface area contributed by atoms with Gasteiger partial charge in [0.2, 0.25) is 5.91 Å². The fourth-order valence-corrected chi connectivity index (χ4v) is 3.61. The highest BCUT2D eigenvalue weighted by Crippen LogP contribution is 2.33. The number of carbonyl (C=O) groups excluding carboxylic acids is 4. The van der Waals surface area contributed by atoms with E-state index in [0.29, 0.717) is 17.2 Å². The lowest BCUT2D eigenvalue weighted by Gasteiger charge is -2.16. The molecule has 1 unspecified atom stereocenters. The Hall–Kier alpha value is -3.69.